The van der Waals surface area contributed by atoms with Crippen LogP contribution < -0.4 is 5.32 Å². The number of likely N-dealkylation sites (tertiary alicyclic amines) is 1. The highest BCUT2D eigenvalue weighted by Gasteiger charge is 2.58. The Hall–Kier alpha value is -2.41. The number of amides is 2. The highest BCUT2D eigenvalue weighted by atomic mass is 32.2. The van der Waals surface area contributed by atoms with Crippen LogP contribution in [-0.4, -0.2) is 36.1 Å². The monoisotopic (exact) mass is 430 g/mol. The van der Waals surface area contributed by atoms with Crippen molar-refractivity contribution >= 4 is 29.3 Å². The van der Waals surface area contributed by atoms with Gasteiger partial charge in [-0.1, -0.05) is 12.1 Å². The SMILES string of the molecule is CSc1ccc(CC(=O)N2CCC3(CC2)C[C@H]3C(=O)Nc2ccc(F)c(F)c2)cc1. The van der Waals surface area contributed by atoms with Gasteiger partial charge in [-0.3, -0.25) is 9.59 Å². The molecule has 1 saturated heterocycles. The van der Waals surface area contributed by atoms with E-state index < -0.39 is 11.6 Å². The van der Waals surface area contributed by atoms with Crippen molar-refractivity contribution in [1.82, 2.24) is 4.90 Å². The van der Waals surface area contributed by atoms with Crippen molar-refractivity contribution in [3.05, 3.63) is 59.7 Å². The molecular weight excluding hydrogens is 406 g/mol. The summed E-state index contributed by atoms with van der Waals surface area (Å²) in [5.41, 5.74) is 1.20. The molecule has 30 heavy (non-hydrogen) atoms. The first kappa shape index (κ1) is 20.8. The van der Waals surface area contributed by atoms with Gasteiger partial charge in [0.2, 0.25) is 11.8 Å². The molecule has 2 aliphatic rings. The molecule has 4 rings (SSSR count). The zero-order chi connectivity index (χ0) is 21.3. The fourth-order valence-corrected chi connectivity index (χ4v) is 4.71. The Morgan fingerprint density at radius 2 is 1.80 bits per heavy atom. The molecular formula is C23H24F2N2O2S. The van der Waals surface area contributed by atoms with Crippen LogP contribution in [0.25, 0.3) is 0 Å². The number of piperidine rings is 1. The highest BCUT2D eigenvalue weighted by Crippen LogP contribution is 2.59. The molecule has 1 saturated carbocycles. The second-order valence-corrected chi connectivity index (χ2v) is 9.02. The van der Waals surface area contributed by atoms with E-state index in [4.69, 9.17) is 0 Å². The van der Waals surface area contributed by atoms with Crippen molar-refractivity contribution in [1.29, 1.82) is 0 Å². The van der Waals surface area contributed by atoms with Crippen LogP contribution in [0.4, 0.5) is 14.5 Å². The van der Waals surface area contributed by atoms with Crippen molar-refractivity contribution < 1.29 is 18.4 Å². The second-order valence-electron chi connectivity index (χ2n) is 8.14. The Bertz CT molecular complexity index is 956. The number of nitrogens with one attached hydrogen (secondary N) is 1. The van der Waals surface area contributed by atoms with Gasteiger partial charge in [-0.25, -0.2) is 8.78 Å². The Morgan fingerprint density at radius 3 is 2.43 bits per heavy atom. The molecule has 0 radical (unpaired) electrons. The number of halogens is 2. The van der Waals surface area contributed by atoms with E-state index in [9.17, 15) is 18.4 Å². The minimum absolute atomic E-state index is 0.0700. The molecule has 7 heteroatoms. The first-order chi connectivity index (χ1) is 14.4. The van der Waals surface area contributed by atoms with Gasteiger partial charge in [0, 0.05) is 35.7 Å². The lowest BCUT2D eigenvalue weighted by molar-refractivity contribution is -0.132. The van der Waals surface area contributed by atoms with Gasteiger partial charge in [0.1, 0.15) is 0 Å². The third-order valence-corrected chi connectivity index (χ3v) is 7.06. The third-order valence-electron chi connectivity index (χ3n) is 6.32. The molecule has 0 aromatic heterocycles. The van der Waals surface area contributed by atoms with Gasteiger partial charge < -0.3 is 10.2 Å². The van der Waals surface area contributed by atoms with Gasteiger partial charge in [-0.15, -0.1) is 11.8 Å². The van der Waals surface area contributed by atoms with Crippen LogP contribution in [0.5, 0.6) is 0 Å². The van der Waals surface area contributed by atoms with Crippen LogP contribution in [-0.2, 0) is 16.0 Å². The van der Waals surface area contributed by atoms with Gasteiger partial charge in [0.15, 0.2) is 11.6 Å². The summed E-state index contributed by atoms with van der Waals surface area (Å²) in [5, 5.41) is 2.69. The maximum Gasteiger partial charge on any atom is 0.228 e. The zero-order valence-electron chi connectivity index (χ0n) is 16.8. The number of carbonyl (C=O) groups is 2. The van der Waals surface area contributed by atoms with Crippen LogP contribution in [0.15, 0.2) is 47.4 Å². The minimum atomic E-state index is -0.979. The third kappa shape index (κ3) is 4.36. The topological polar surface area (TPSA) is 49.4 Å². The first-order valence-corrected chi connectivity index (χ1v) is 11.3. The number of rotatable bonds is 5. The van der Waals surface area contributed by atoms with Crippen molar-refractivity contribution in [2.45, 2.75) is 30.6 Å². The lowest BCUT2D eigenvalue weighted by atomic mass is 9.90. The maximum atomic E-state index is 13.3. The Morgan fingerprint density at radius 1 is 1.10 bits per heavy atom. The number of hydrogen-bond acceptors (Lipinski definition) is 3. The lowest BCUT2D eigenvalue weighted by Crippen LogP contribution is -2.41. The molecule has 0 unspecified atom stereocenters. The van der Waals surface area contributed by atoms with Gasteiger partial charge in [0.25, 0.3) is 0 Å². The smallest absolute Gasteiger partial charge is 0.228 e. The van der Waals surface area contributed by atoms with E-state index in [0.717, 1.165) is 37.0 Å². The largest absolute Gasteiger partial charge is 0.342 e. The normalized spacial score (nSPS) is 19.6. The fourth-order valence-electron chi connectivity index (χ4n) is 4.31. The molecule has 2 amide bonds. The van der Waals surface area contributed by atoms with E-state index in [1.807, 2.05) is 35.4 Å². The molecule has 1 N–H and O–H groups in total. The second kappa shape index (κ2) is 8.38. The molecule has 1 aliphatic heterocycles. The van der Waals surface area contributed by atoms with Crippen molar-refractivity contribution in [2.24, 2.45) is 11.3 Å². The molecule has 158 valence electrons. The maximum absolute atomic E-state index is 13.3. The molecule has 2 fully saturated rings. The summed E-state index contributed by atoms with van der Waals surface area (Å²) >= 11 is 1.67. The predicted octanol–water partition coefficient (Wildman–Crippen LogP) is 4.50. The molecule has 1 aliphatic carbocycles. The molecule has 4 nitrogen and oxygen atoms in total. The highest BCUT2D eigenvalue weighted by molar-refractivity contribution is 7.98. The van der Waals surface area contributed by atoms with Crippen LogP contribution in [0.1, 0.15) is 24.8 Å². The minimum Gasteiger partial charge on any atom is -0.342 e. The predicted molar refractivity (Wildman–Crippen MR) is 113 cm³/mol. The number of anilines is 1. The van der Waals surface area contributed by atoms with Crippen molar-refractivity contribution in [3.8, 4) is 0 Å². The summed E-state index contributed by atoms with van der Waals surface area (Å²) < 4.78 is 26.4. The summed E-state index contributed by atoms with van der Waals surface area (Å²) in [6.45, 7) is 1.30. The molecule has 1 atom stereocenters. The summed E-state index contributed by atoms with van der Waals surface area (Å²) in [7, 11) is 0. The summed E-state index contributed by atoms with van der Waals surface area (Å²) in [4.78, 5) is 28.2. The van der Waals surface area contributed by atoms with E-state index in [0.29, 0.717) is 19.5 Å². The van der Waals surface area contributed by atoms with E-state index in [1.54, 1.807) is 11.8 Å². The van der Waals surface area contributed by atoms with E-state index in [2.05, 4.69) is 5.32 Å². The van der Waals surface area contributed by atoms with Gasteiger partial charge >= 0.3 is 0 Å². The summed E-state index contributed by atoms with van der Waals surface area (Å²) in [6.07, 6.45) is 4.77. The number of carbonyl (C=O) groups excluding carboxylic acids is 2. The number of benzene rings is 2. The number of hydrogen-bond donors (Lipinski definition) is 1. The Labute approximate surface area is 179 Å². The van der Waals surface area contributed by atoms with Gasteiger partial charge in [-0.05, 0) is 60.8 Å². The molecule has 0 bridgehead atoms. The van der Waals surface area contributed by atoms with Crippen molar-refractivity contribution in [2.75, 3.05) is 24.7 Å². The summed E-state index contributed by atoms with van der Waals surface area (Å²) in [5.74, 6) is -2.09. The van der Waals surface area contributed by atoms with E-state index in [1.165, 1.54) is 11.0 Å². The fraction of sp³-hybridized carbons (Fsp3) is 0.391. The van der Waals surface area contributed by atoms with Crippen molar-refractivity contribution in [3.63, 3.8) is 0 Å². The number of thioether (sulfide) groups is 1. The number of nitrogens with zero attached hydrogens (tertiary/aromatic N) is 1. The Kier molecular flexibility index (Phi) is 5.82. The standard InChI is InChI=1S/C23H24F2N2O2S/c1-30-17-5-2-15(3-6-17)12-21(28)27-10-8-23(9-11-27)14-18(23)22(29)26-16-4-7-19(24)20(25)13-16/h2-7,13,18H,8-12,14H2,1H3,(H,26,29)/t18-/m0/s1. The molecule has 2 aromatic rings. The van der Waals surface area contributed by atoms with Crippen LogP contribution in [0.2, 0.25) is 0 Å². The molecule has 2 aromatic carbocycles. The average Bonchev–Trinajstić information content (AvgIpc) is 3.45. The molecule has 1 spiro atoms. The van der Waals surface area contributed by atoms with Crippen LogP contribution >= 0.6 is 11.8 Å². The average molecular weight is 431 g/mol. The molecule has 1 heterocycles. The van der Waals surface area contributed by atoms with Crippen LogP contribution in [0.3, 0.4) is 0 Å². The van der Waals surface area contributed by atoms with E-state index >= 15 is 0 Å². The first-order valence-electron chi connectivity index (χ1n) is 10.1. The zero-order valence-corrected chi connectivity index (χ0v) is 17.6. The Balaban J connectivity index is 1.28. The lowest BCUT2D eigenvalue weighted by Gasteiger charge is -2.33. The van der Waals surface area contributed by atoms with Gasteiger partial charge in [0.05, 0.1) is 6.42 Å². The van der Waals surface area contributed by atoms with E-state index in [-0.39, 0.29) is 28.8 Å². The quantitative estimate of drug-likeness (QED) is 0.711. The van der Waals surface area contributed by atoms with Gasteiger partial charge in [-0.2, -0.15) is 0 Å². The van der Waals surface area contributed by atoms with Crippen LogP contribution in [0, 0.1) is 23.0 Å². The summed E-state index contributed by atoms with van der Waals surface area (Å²) in [6, 6.07) is 11.4.